The van der Waals surface area contributed by atoms with Crippen molar-refractivity contribution in [2.45, 2.75) is 25.4 Å². The molecule has 1 aliphatic heterocycles. The zero-order valence-corrected chi connectivity index (χ0v) is 15.9. The molecular weight excluding hydrogens is 356 g/mol. The summed E-state index contributed by atoms with van der Waals surface area (Å²) in [5, 5.41) is 5.74. The molecule has 4 heterocycles. The van der Waals surface area contributed by atoms with Crippen molar-refractivity contribution in [1.82, 2.24) is 14.7 Å². The summed E-state index contributed by atoms with van der Waals surface area (Å²) >= 11 is 1.68. The molecule has 0 atom stereocenters. The maximum Gasteiger partial charge on any atom is 0.193 e. The number of furan rings is 1. The number of nitrogens with zero attached hydrogens (tertiary/aromatic N) is 3. The largest absolute Gasteiger partial charge is 0.464 e. The second-order valence-electron chi connectivity index (χ2n) is 6.99. The van der Waals surface area contributed by atoms with Gasteiger partial charge in [-0.05, 0) is 49.2 Å². The monoisotopic (exact) mass is 378 g/mol. The van der Waals surface area contributed by atoms with Gasteiger partial charge in [0.25, 0.3) is 0 Å². The number of rotatable bonds is 5. The van der Waals surface area contributed by atoms with Crippen LogP contribution in [0.1, 0.15) is 18.5 Å². The number of benzene rings is 1. The standard InChI is InChI=1S/C21H22N4OS/c1-2-20(26-12-1)16-3-5-19(6-4-16)24-9-7-17(8-10-24)22-14-18-15-25-11-13-27-21(25)23-18/h1-6,11-13,15,17,22H,7-10,14H2. The zero-order valence-electron chi connectivity index (χ0n) is 15.0. The van der Waals surface area contributed by atoms with Crippen LogP contribution in [0.2, 0.25) is 0 Å². The van der Waals surface area contributed by atoms with Gasteiger partial charge in [0.1, 0.15) is 5.76 Å². The Morgan fingerprint density at radius 2 is 2.00 bits per heavy atom. The van der Waals surface area contributed by atoms with Crippen molar-refractivity contribution < 1.29 is 4.42 Å². The average Bonchev–Trinajstić information content (AvgIpc) is 3.44. The van der Waals surface area contributed by atoms with Gasteiger partial charge < -0.3 is 14.6 Å². The summed E-state index contributed by atoms with van der Waals surface area (Å²) in [6.07, 6.45) is 8.21. The quantitative estimate of drug-likeness (QED) is 0.559. The van der Waals surface area contributed by atoms with Crippen LogP contribution >= 0.6 is 11.3 Å². The molecule has 6 heteroatoms. The van der Waals surface area contributed by atoms with Crippen LogP contribution in [0.5, 0.6) is 0 Å². The molecule has 0 saturated carbocycles. The van der Waals surface area contributed by atoms with Gasteiger partial charge in [0, 0.05) is 54.7 Å². The lowest BCUT2D eigenvalue weighted by Crippen LogP contribution is -2.42. The van der Waals surface area contributed by atoms with Crippen LogP contribution in [0.15, 0.2) is 64.9 Å². The lowest BCUT2D eigenvalue weighted by atomic mass is 10.0. The summed E-state index contributed by atoms with van der Waals surface area (Å²) in [6.45, 7) is 3.00. The fourth-order valence-electron chi connectivity index (χ4n) is 3.73. The third kappa shape index (κ3) is 3.50. The van der Waals surface area contributed by atoms with Crippen LogP contribution in [-0.2, 0) is 6.54 Å². The maximum absolute atomic E-state index is 5.47. The van der Waals surface area contributed by atoms with Gasteiger partial charge >= 0.3 is 0 Å². The third-order valence-corrected chi connectivity index (χ3v) is 6.02. The zero-order chi connectivity index (χ0) is 18.1. The number of nitrogens with one attached hydrogen (secondary N) is 1. The second kappa shape index (κ2) is 7.21. The Kier molecular flexibility index (Phi) is 4.43. The van der Waals surface area contributed by atoms with Crippen molar-refractivity contribution in [3.8, 4) is 11.3 Å². The minimum absolute atomic E-state index is 0.559. The summed E-state index contributed by atoms with van der Waals surface area (Å²) in [7, 11) is 0. The van der Waals surface area contributed by atoms with Gasteiger partial charge in [-0.2, -0.15) is 0 Å². The number of thiazole rings is 1. The summed E-state index contributed by atoms with van der Waals surface area (Å²) in [5.74, 6) is 0.920. The maximum atomic E-state index is 5.47. The van der Waals surface area contributed by atoms with Crippen molar-refractivity contribution in [2.24, 2.45) is 0 Å². The van der Waals surface area contributed by atoms with E-state index in [2.05, 4.69) is 61.6 Å². The first-order valence-corrected chi connectivity index (χ1v) is 10.3. The molecule has 4 aromatic rings. The Morgan fingerprint density at radius 1 is 1.15 bits per heavy atom. The van der Waals surface area contributed by atoms with E-state index in [9.17, 15) is 0 Å². The normalized spacial score (nSPS) is 15.6. The molecule has 0 amide bonds. The first-order chi connectivity index (χ1) is 13.3. The molecule has 0 radical (unpaired) electrons. The number of imidazole rings is 1. The molecule has 0 bridgehead atoms. The van der Waals surface area contributed by atoms with Crippen LogP contribution in [0.4, 0.5) is 5.69 Å². The van der Waals surface area contributed by atoms with Crippen molar-refractivity contribution in [3.63, 3.8) is 0 Å². The molecule has 5 nitrogen and oxygen atoms in total. The molecule has 1 aromatic carbocycles. The Hall–Kier alpha value is -2.57. The van der Waals surface area contributed by atoms with Crippen LogP contribution < -0.4 is 10.2 Å². The molecule has 1 saturated heterocycles. The Labute approximate surface area is 162 Å². The fourth-order valence-corrected chi connectivity index (χ4v) is 4.45. The number of aromatic nitrogens is 2. The first kappa shape index (κ1) is 16.6. The molecule has 0 aliphatic carbocycles. The lowest BCUT2D eigenvalue weighted by molar-refractivity contribution is 0.412. The second-order valence-corrected chi connectivity index (χ2v) is 7.86. The highest BCUT2D eigenvalue weighted by molar-refractivity contribution is 7.15. The van der Waals surface area contributed by atoms with Gasteiger partial charge in [-0.25, -0.2) is 4.98 Å². The molecule has 0 unspecified atom stereocenters. The number of hydrogen-bond donors (Lipinski definition) is 1. The van der Waals surface area contributed by atoms with Gasteiger partial charge in [-0.3, -0.25) is 4.40 Å². The molecule has 3 aromatic heterocycles. The van der Waals surface area contributed by atoms with E-state index >= 15 is 0 Å². The topological polar surface area (TPSA) is 45.7 Å². The molecule has 5 rings (SSSR count). The van der Waals surface area contributed by atoms with E-state index in [0.29, 0.717) is 6.04 Å². The molecule has 1 fully saturated rings. The number of fused-ring (bicyclic) bond motifs is 1. The average molecular weight is 379 g/mol. The molecular formula is C21H22N4OS. The third-order valence-electron chi connectivity index (χ3n) is 5.25. The van der Waals surface area contributed by atoms with Crippen LogP contribution in [0.25, 0.3) is 16.3 Å². The highest BCUT2D eigenvalue weighted by atomic mass is 32.1. The van der Waals surface area contributed by atoms with Crippen molar-refractivity contribution in [2.75, 3.05) is 18.0 Å². The van der Waals surface area contributed by atoms with E-state index in [1.807, 2.05) is 12.1 Å². The summed E-state index contributed by atoms with van der Waals surface area (Å²) in [6, 6.07) is 13.2. The molecule has 0 spiro atoms. The summed E-state index contributed by atoms with van der Waals surface area (Å²) in [5.41, 5.74) is 3.54. The summed E-state index contributed by atoms with van der Waals surface area (Å²) < 4.78 is 7.56. The van der Waals surface area contributed by atoms with Crippen LogP contribution in [-0.4, -0.2) is 28.5 Å². The Bertz CT molecular complexity index is 966. The van der Waals surface area contributed by atoms with Gasteiger partial charge in [-0.1, -0.05) is 0 Å². The number of anilines is 1. The van der Waals surface area contributed by atoms with Crippen molar-refractivity contribution >= 4 is 22.0 Å². The van der Waals surface area contributed by atoms with Crippen LogP contribution in [0, 0.1) is 0 Å². The van der Waals surface area contributed by atoms with E-state index in [1.165, 1.54) is 5.69 Å². The van der Waals surface area contributed by atoms with Crippen molar-refractivity contribution in [3.05, 3.63) is 66.1 Å². The van der Waals surface area contributed by atoms with Gasteiger partial charge in [0.05, 0.1) is 12.0 Å². The highest BCUT2D eigenvalue weighted by Crippen LogP contribution is 2.25. The van der Waals surface area contributed by atoms with E-state index in [1.54, 1.807) is 17.6 Å². The molecule has 1 aliphatic rings. The van der Waals surface area contributed by atoms with Gasteiger partial charge in [-0.15, -0.1) is 11.3 Å². The minimum atomic E-state index is 0.559. The highest BCUT2D eigenvalue weighted by Gasteiger charge is 2.19. The van der Waals surface area contributed by atoms with E-state index < -0.39 is 0 Å². The predicted octanol–water partition coefficient (Wildman–Crippen LogP) is 4.41. The van der Waals surface area contributed by atoms with E-state index in [-0.39, 0.29) is 0 Å². The van der Waals surface area contributed by atoms with Crippen LogP contribution in [0.3, 0.4) is 0 Å². The van der Waals surface area contributed by atoms with Gasteiger partial charge in [0.15, 0.2) is 4.96 Å². The predicted molar refractivity (Wildman–Crippen MR) is 109 cm³/mol. The molecule has 1 N–H and O–H groups in total. The van der Waals surface area contributed by atoms with Gasteiger partial charge in [0.2, 0.25) is 0 Å². The molecule has 138 valence electrons. The SMILES string of the molecule is c1coc(-c2ccc(N3CCC(NCc4cn5ccsc5n4)CC3)cc2)c1. The smallest absolute Gasteiger partial charge is 0.193 e. The van der Waals surface area contributed by atoms with E-state index in [0.717, 1.165) is 54.5 Å². The van der Waals surface area contributed by atoms with E-state index in [4.69, 9.17) is 4.42 Å². The first-order valence-electron chi connectivity index (χ1n) is 9.38. The Balaban J connectivity index is 1.14. The number of hydrogen-bond acceptors (Lipinski definition) is 5. The Morgan fingerprint density at radius 3 is 2.74 bits per heavy atom. The fraction of sp³-hybridized carbons (Fsp3) is 0.286. The minimum Gasteiger partial charge on any atom is -0.464 e. The summed E-state index contributed by atoms with van der Waals surface area (Å²) in [4.78, 5) is 8.19. The molecule has 27 heavy (non-hydrogen) atoms. The lowest BCUT2D eigenvalue weighted by Gasteiger charge is -2.34. The van der Waals surface area contributed by atoms with Crippen molar-refractivity contribution in [1.29, 1.82) is 0 Å². The number of piperidine rings is 1.